The van der Waals surface area contributed by atoms with Crippen LogP contribution in [-0.4, -0.2) is 50.5 Å². The minimum absolute atomic E-state index is 0.0985. The molecular weight excluding hydrogens is 556 g/mol. The first kappa shape index (κ1) is 29.5. The van der Waals surface area contributed by atoms with Crippen molar-refractivity contribution < 1.29 is 18.0 Å². The lowest BCUT2D eigenvalue weighted by Crippen LogP contribution is -2.51. The zero-order valence-electron chi connectivity index (χ0n) is 19.5. The van der Waals surface area contributed by atoms with E-state index in [1.165, 1.54) is 23.1 Å². The van der Waals surface area contributed by atoms with Gasteiger partial charge in [0.1, 0.15) is 12.6 Å². The Morgan fingerprint density at radius 3 is 2.17 bits per heavy atom. The summed E-state index contributed by atoms with van der Waals surface area (Å²) < 4.78 is 26.1. The number of nitrogens with one attached hydrogen (secondary N) is 1. The minimum atomic E-state index is -3.90. The molecular formula is C23H27Cl4N3O4S. The van der Waals surface area contributed by atoms with E-state index >= 15 is 0 Å². The van der Waals surface area contributed by atoms with Gasteiger partial charge in [0.25, 0.3) is 0 Å². The molecule has 12 heteroatoms. The Balaban J connectivity index is 2.43. The zero-order chi connectivity index (χ0) is 26.3. The largest absolute Gasteiger partial charge is 0.354 e. The molecule has 0 unspecified atom stereocenters. The van der Waals surface area contributed by atoms with Crippen LogP contribution in [0.25, 0.3) is 0 Å². The maximum Gasteiger partial charge on any atom is 0.244 e. The second-order valence-corrected chi connectivity index (χ2v) is 11.4. The Morgan fingerprint density at radius 2 is 1.63 bits per heavy atom. The average Bonchev–Trinajstić information content (AvgIpc) is 2.78. The number of benzene rings is 2. The highest BCUT2D eigenvalue weighted by Gasteiger charge is 2.31. The van der Waals surface area contributed by atoms with Crippen LogP contribution in [0.3, 0.4) is 0 Å². The Labute approximate surface area is 226 Å². The Morgan fingerprint density at radius 1 is 1.00 bits per heavy atom. The van der Waals surface area contributed by atoms with Crippen LogP contribution >= 0.6 is 46.4 Å². The van der Waals surface area contributed by atoms with Gasteiger partial charge in [-0.3, -0.25) is 13.9 Å². The summed E-state index contributed by atoms with van der Waals surface area (Å²) in [5.41, 5.74) is 0.601. The quantitative estimate of drug-likeness (QED) is 0.359. The van der Waals surface area contributed by atoms with E-state index in [0.717, 1.165) is 23.4 Å². The molecule has 0 spiro atoms. The molecule has 2 aromatic carbocycles. The smallest absolute Gasteiger partial charge is 0.244 e. The number of rotatable bonds is 11. The number of carbonyl (C=O) groups is 2. The topological polar surface area (TPSA) is 86.8 Å². The van der Waals surface area contributed by atoms with Crippen molar-refractivity contribution >= 4 is 73.9 Å². The fourth-order valence-electron chi connectivity index (χ4n) is 3.23. The maximum absolute atomic E-state index is 13.5. The normalized spacial score (nSPS) is 12.2. The van der Waals surface area contributed by atoms with Crippen molar-refractivity contribution in [1.29, 1.82) is 0 Å². The third-order valence-electron chi connectivity index (χ3n) is 5.26. The fourth-order valence-corrected chi connectivity index (χ4v) is 4.88. The first-order chi connectivity index (χ1) is 16.4. The molecule has 0 saturated heterocycles. The lowest BCUT2D eigenvalue weighted by Gasteiger charge is -2.32. The first-order valence-corrected chi connectivity index (χ1v) is 14.2. The minimum Gasteiger partial charge on any atom is -0.354 e. The van der Waals surface area contributed by atoms with Crippen LogP contribution in [0.4, 0.5) is 5.69 Å². The summed E-state index contributed by atoms with van der Waals surface area (Å²) in [6.45, 7) is 3.33. The zero-order valence-corrected chi connectivity index (χ0v) is 23.4. The summed E-state index contributed by atoms with van der Waals surface area (Å²) in [6, 6.07) is 8.21. The number of carbonyl (C=O) groups excluding carboxylic acids is 2. The van der Waals surface area contributed by atoms with E-state index in [1.807, 2.05) is 6.92 Å². The van der Waals surface area contributed by atoms with Crippen LogP contribution in [0.1, 0.15) is 32.3 Å². The van der Waals surface area contributed by atoms with Gasteiger partial charge in [0.15, 0.2) is 0 Å². The number of sulfonamides is 1. The molecule has 0 heterocycles. The predicted molar refractivity (Wildman–Crippen MR) is 143 cm³/mol. The van der Waals surface area contributed by atoms with Gasteiger partial charge in [-0.15, -0.1) is 0 Å². The number of halogens is 4. The van der Waals surface area contributed by atoms with E-state index in [4.69, 9.17) is 46.4 Å². The van der Waals surface area contributed by atoms with Gasteiger partial charge in [0, 0.05) is 28.7 Å². The van der Waals surface area contributed by atoms with Gasteiger partial charge in [-0.05, 0) is 43.7 Å². The van der Waals surface area contributed by atoms with E-state index in [2.05, 4.69) is 5.32 Å². The molecule has 0 fully saturated rings. The van der Waals surface area contributed by atoms with Crippen LogP contribution < -0.4 is 9.62 Å². The van der Waals surface area contributed by atoms with Gasteiger partial charge in [0.05, 0.1) is 22.0 Å². The third-order valence-corrected chi connectivity index (χ3v) is 7.85. The van der Waals surface area contributed by atoms with Crippen LogP contribution in [0.15, 0.2) is 36.4 Å². The molecule has 0 aliphatic rings. The van der Waals surface area contributed by atoms with Crippen molar-refractivity contribution in [3.05, 3.63) is 62.1 Å². The Hall–Kier alpha value is -1.71. The lowest BCUT2D eigenvalue weighted by atomic mass is 10.1. The van der Waals surface area contributed by atoms with Gasteiger partial charge in [0.2, 0.25) is 21.8 Å². The summed E-state index contributed by atoms with van der Waals surface area (Å²) in [5.74, 6) is -1.01. The highest BCUT2D eigenvalue weighted by Crippen LogP contribution is 2.30. The van der Waals surface area contributed by atoms with Crippen LogP contribution in [0, 0.1) is 0 Å². The van der Waals surface area contributed by atoms with Crippen molar-refractivity contribution in [1.82, 2.24) is 10.2 Å². The number of anilines is 1. The van der Waals surface area contributed by atoms with Gasteiger partial charge in [-0.2, -0.15) is 0 Å². The van der Waals surface area contributed by atoms with Gasteiger partial charge >= 0.3 is 0 Å². The lowest BCUT2D eigenvalue weighted by molar-refractivity contribution is -0.139. The third kappa shape index (κ3) is 8.15. The Kier molecular flexibility index (Phi) is 11.0. The molecule has 192 valence electrons. The van der Waals surface area contributed by atoms with Gasteiger partial charge < -0.3 is 10.2 Å². The van der Waals surface area contributed by atoms with Crippen LogP contribution in [-0.2, 0) is 26.2 Å². The standard InChI is InChI=1S/C23H27Cl4N3O4S/c1-4-5-11-28-23(32)15(2)29(13-17-18(24)7-6-8-19(17)25)22(31)14-30(35(3,33)34)16-9-10-20(26)21(27)12-16/h6-10,12,15H,4-5,11,13-14H2,1-3H3,(H,28,32)/t15-/m0/s1. The molecule has 2 aromatic rings. The highest BCUT2D eigenvalue weighted by molar-refractivity contribution is 7.92. The second-order valence-electron chi connectivity index (χ2n) is 7.91. The Bertz CT molecular complexity index is 1160. The molecule has 0 aliphatic carbocycles. The predicted octanol–water partition coefficient (Wildman–Crippen LogP) is 5.40. The molecule has 1 N–H and O–H groups in total. The van der Waals surface area contributed by atoms with Crippen molar-refractivity contribution in [3.63, 3.8) is 0 Å². The van der Waals surface area contributed by atoms with Gasteiger partial charge in [-0.25, -0.2) is 8.42 Å². The van der Waals surface area contributed by atoms with Crippen LogP contribution in [0.5, 0.6) is 0 Å². The van der Waals surface area contributed by atoms with E-state index in [9.17, 15) is 18.0 Å². The SMILES string of the molecule is CCCCNC(=O)[C@H](C)N(Cc1c(Cl)cccc1Cl)C(=O)CN(c1ccc(Cl)c(Cl)c1)S(C)(=O)=O. The van der Waals surface area contributed by atoms with Crippen molar-refractivity contribution in [3.8, 4) is 0 Å². The van der Waals surface area contributed by atoms with Crippen molar-refractivity contribution in [2.45, 2.75) is 39.3 Å². The molecule has 1 atom stereocenters. The van der Waals surface area contributed by atoms with Gasteiger partial charge in [-0.1, -0.05) is 65.8 Å². The van der Waals surface area contributed by atoms with E-state index in [0.29, 0.717) is 22.2 Å². The molecule has 35 heavy (non-hydrogen) atoms. The summed E-state index contributed by atoms with van der Waals surface area (Å²) in [6.07, 6.45) is 2.64. The molecule has 0 aliphatic heterocycles. The summed E-state index contributed by atoms with van der Waals surface area (Å²) >= 11 is 24.7. The summed E-state index contributed by atoms with van der Waals surface area (Å²) in [7, 11) is -3.90. The molecule has 2 amide bonds. The number of hydrogen-bond acceptors (Lipinski definition) is 4. The molecule has 7 nitrogen and oxygen atoms in total. The molecule has 0 radical (unpaired) electrons. The monoisotopic (exact) mass is 581 g/mol. The van der Waals surface area contributed by atoms with Crippen molar-refractivity contribution in [2.24, 2.45) is 0 Å². The number of amides is 2. The highest BCUT2D eigenvalue weighted by atomic mass is 35.5. The molecule has 0 saturated carbocycles. The van der Waals surface area contributed by atoms with Crippen molar-refractivity contribution in [2.75, 3.05) is 23.7 Å². The summed E-state index contributed by atoms with van der Waals surface area (Å²) in [4.78, 5) is 27.6. The van der Waals surface area contributed by atoms with E-state index in [1.54, 1.807) is 25.1 Å². The first-order valence-electron chi connectivity index (χ1n) is 10.8. The maximum atomic E-state index is 13.5. The average molecular weight is 583 g/mol. The van der Waals surface area contributed by atoms with E-state index < -0.39 is 28.5 Å². The number of nitrogens with zero attached hydrogens (tertiary/aromatic N) is 2. The fraction of sp³-hybridized carbons (Fsp3) is 0.391. The number of hydrogen-bond donors (Lipinski definition) is 1. The molecule has 0 aromatic heterocycles. The molecule has 0 bridgehead atoms. The van der Waals surface area contributed by atoms with E-state index in [-0.39, 0.29) is 28.2 Å². The summed E-state index contributed by atoms with van der Waals surface area (Å²) in [5, 5.41) is 3.81. The van der Waals surface area contributed by atoms with Crippen LogP contribution in [0.2, 0.25) is 20.1 Å². The molecule has 2 rings (SSSR count). The number of unbranched alkanes of at least 4 members (excludes halogenated alkanes) is 1. The second kappa shape index (κ2) is 13.0.